The van der Waals surface area contributed by atoms with E-state index in [1.807, 2.05) is 0 Å². The molecule has 0 spiro atoms. The molecule has 2 amide bonds. The Bertz CT molecular complexity index is 860. The number of nitrogens with zero attached hydrogens (tertiary/aromatic N) is 1. The largest absolute Gasteiger partial charge is 0.494 e. The lowest BCUT2D eigenvalue weighted by molar-refractivity contribution is -0.145. The van der Waals surface area contributed by atoms with E-state index >= 15 is 0 Å². The standard InChI is InChI=1S/C19H16FNO5/c1-25-16-10-11(7-8-14(16)20)9-15(19(24)26-2)21-17(22)12-5-3-4-6-13(12)18(21)23/h3-8,10,15H,9H2,1-2H3. The Morgan fingerprint density at radius 2 is 1.69 bits per heavy atom. The van der Waals surface area contributed by atoms with Crippen molar-refractivity contribution < 1.29 is 28.2 Å². The Balaban J connectivity index is 1.97. The number of rotatable bonds is 5. The topological polar surface area (TPSA) is 72.9 Å². The zero-order valence-electron chi connectivity index (χ0n) is 14.2. The summed E-state index contributed by atoms with van der Waals surface area (Å²) < 4.78 is 23.3. The first-order valence-corrected chi connectivity index (χ1v) is 7.85. The van der Waals surface area contributed by atoms with Gasteiger partial charge in [0.05, 0.1) is 25.3 Å². The highest BCUT2D eigenvalue weighted by Crippen LogP contribution is 2.27. The molecule has 0 radical (unpaired) electrons. The second-order valence-electron chi connectivity index (χ2n) is 5.74. The minimum Gasteiger partial charge on any atom is -0.494 e. The van der Waals surface area contributed by atoms with E-state index in [2.05, 4.69) is 0 Å². The monoisotopic (exact) mass is 357 g/mol. The summed E-state index contributed by atoms with van der Waals surface area (Å²) >= 11 is 0. The van der Waals surface area contributed by atoms with Crippen molar-refractivity contribution in [1.29, 1.82) is 0 Å². The zero-order chi connectivity index (χ0) is 18.8. The summed E-state index contributed by atoms with van der Waals surface area (Å²) in [5.41, 5.74) is 1.00. The maximum Gasteiger partial charge on any atom is 0.329 e. The number of methoxy groups -OCH3 is 2. The number of hydrogen-bond donors (Lipinski definition) is 0. The second kappa shape index (κ2) is 6.95. The molecular weight excluding hydrogens is 341 g/mol. The van der Waals surface area contributed by atoms with Gasteiger partial charge in [0.15, 0.2) is 11.6 Å². The average Bonchev–Trinajstić information content (AvgIpc) is 2.91. The van der Waals surface area contributed by atoms with Crippen LogP contribution in [0.15, 0.2) is 42.5 Å². The van der Waals surface area contributed by atoms with Crippen LogP contribution < -0.4 is 4.74 Å². The van der Waals surface area contributed by atoms with Crippen LogP contribution in [0.5, 0.6) is 5.75 Å². The van der Waals surface area contributed by atoms with Crippen molar-refractivity contribution in [2.75, 3.05) is 14.2 Å². The Hall–Kier alpha value is -3.22. The van der Waals surface area contributed by atoms with E-state index in [4.69, 9.17) is 9.47 Å². The lowest BCUT2D eigenvalue weighted by Crippen LogP contribution is -2.46. The highest BCUT2D eigenvalue weighted by atomic mass is 19.1. The summed E-state index contributed by atoms with van der Waals surface area (Å²) in [6, 6.07) is 9.27. The Kier molecular flexibility index (Phi) is 4.71. The number of carbonyl (C=O) groups is 3. The van der Waals surface area contributed by atoms with E-state index in [1.165, 1.54) is 44.6 Å². The first-order valence-electron chi connectivity index (χ1n) is 7.85. The van der Waals surface area contributed by atoms with Crippen molar-refractivity contribution in [2.24, 2.45) is 0 Å². The maximum atomic E-state index is 13.6. The van der Waals surface area contributed by atoms with Crippen LogP contribution in [0.2, 0.25) is 0 Å². The van der Waals surface area contributed by atoms with Crippen molar-refractivity contribution in [1.82, 2.24) is 4.90 Å². The van der Waals surface area contributed by atoms with Gasteiger partial charge in [-0.1, -0.05) is 18.2 Å². The number of hydrogen-bond acceptors (Lipinski definition) is 5. The molecule has 0 fully saturated rings. The molecule has 0 aromatic heterocycles. The van der Waals surface area contributed by atoms with Crippen LogP contribution in [0.3, 0.4) is 0 Å². The van der Waals surface area contributed by atoms with Crippen LogP contribution in [-0.4, -0.2) is 42.9 Å². The summed E-state index contributed by atoms with van der Waals surface area (Å²) in [6.07, 6.45) is -0.0191. The Labute approximate surface area is 149 Å². The van der Waals surface area contributed by atoms with Gasteiger partial charge in [0.2, 0.25) is 0 Å². The number of carbonyl (C=O) groups excluding carboxylic acids is 3. The molecule has 0 saturated carbocycles. The molecule has 3 rings (SSSR count). The number of benzene rings is 2. The van der Waals surface area contributed by atoms with E-state index in [0.29, 0.717) is 5.56 Å². The summed E-state index contributed by atoms with van der Waals surface area (Å²) in [5.74, 6) is -2.40. The van der Waals surface area contributed by atoms with Crippen LogP contribution in [0.25, 0.3) is 0 Å². The summed E-state index contributed by atoms with van der Waals surface area (Å²) in [6.45, 7) is 0. The molecule has 0 aliphatic carbocycles. The highest BCUT2D eigenvalue weighted by Gasteiger charge is 2.43. The zero-order valence-corrected chi connectivity index (χ0v) is 14.2. The highest BCUT2D eigenvalue weighted by molar-refractivity contribution is 6.22. The predicted molar refractivity (Wildman–Crippen MR) is 89.4 cm³/mol. The molecule has 134 valence electrons. The van der Waals surface area contributed by atoms with Gasteiger partial charge in [-0.3, -0.25) is 14.5 Å². The third-order valence-corrected chi connectivity index (χ3v) is 4.25. The molecule has 7 heteroatoms. The van der Waals surface area contributed by atoms with Crippen molar-refractivity contribution in [3.63, 3.8) is 0 Å². The SMILES string of the molecule is COC(=O)C(Cc1ccc(F)c(OC)c1)N1C(=O)c2ccccc2C1=O. The third-order valence-electron chi connectivity index (χ3n) is 4.25. The molecule has 1 aliphatic heterocycles. The van der Waals surface area contributed by atoms with E-state index in [0.717, 1.165) is 4.90 Å². The van der Waals surface area contributed by atoms with Gasteiger partial charge in [-0.2, -0.15) is 0 Å². The first kappa shape index (κ1) is 17.6. The van der Waals surface area contributed by atoms with Gasteiger partial charge < -0.3 is 9.47 Å². The smallest absolute Gasteiger partial charge is 0.329 e. The van der Waals surface area contributed by atoms with E-state index in [-0.39, 0.29) is 23.3 Å². The molecular formula is C19H16FNO5. The molecule has 1 unspecified atom stereocenters. The van der Waals surface area contributed by atoms with Gasteiger partial charge in [0.25, 0.3) is 11.8 Å². The fraction of sp³-hybridized carbons (Fsp3) is 0.211. The van der Waals surface area contributed by atoms with Crippen molar-refractivity contribution >= 4 is 17.8 Å². The molecule has 26 heavy (non-hydrogen) atoms. The van der Waals surface area contributed by atoms with Crippen LogP contribution in [0.1, 0.15) is 26.3 Å². The number of halogens is 1. The molecule has 0 N–H and O–H groups in total. The minimum atomic E-state index is -1.16. The summed E-state index contributed by atoms with van der Waals surface area (Å²) in [4.78, 5) is 38.5. The van der Waals surface area contributed by atoms with Gasteiger partial charge in [-0.15, -0.1) is 0 Å². The number of imide groups is 1. The fourth-order valence-corrected chi connectivity index (χ4v) is 2.96. The van der Waals surface area contributed by atoms with Gasteiger partial charge in [0, 0.05) is 6.42 Å². The number of esters is 1. The molecule has 1 heterocycles. The van der Waals surface area contributed by atoms with Gasteiger partial charge in [0.1, 0.15) is 6.04 Å². The molecule has 0 bridgehead atoms. The second-order valence-corrected chi connectivity index (χ2v) is 5.74. The molecule has 6 nitrogen and oxygen atoms in total. The number of amides is 2. The van der Waals surface area contributed by atoms with E-state index in [1.54, 1.807) is 12.1 Å². The van der Waals surface area contributed by atoms with Crippen molar-refractivity contribution in [3.8, 4) is 5.75 Å². The Morgan fingerprint density at radius 1 is 1.08 bits per heavy atom. The lowest BCUT2D eigenvalue weighted by Gasteiger charge is -2.24. The Morgan fingerprint density at radius 3 is 2.23 bits per heavy atom. The van der Waals surface area contributed by atoms with Gasteiger partial charge in [-0.25, -0.2) is 9.18 Å². The third kappa shape index (κ3) is 2.92. The molecule has 1 atom stereocenters. The molecule has 0 saturated heterocycles. The van der Waals surface area contributed by atoms with Crippen molar-refractivity contribution in [3.05, 3.63) is 65.0 Å². The van der Waals surface area contributed by atoms with E-state index < -0.39 is 29.6 Å². The van der Waals surface area contributed by atoms with Crippen LogP contribution >= 0.6 is 0 Å². The summed E-state index contributed by atoms with van der Waals surface area (Å²) in [5, 5.41) is 0. The molecule has 2 aromatic rings. The number of ether oxygens (including phenoxy) is 2. The van der Waals surface area contributed by atoms with Gasteiger partial charge >= 0.3 is 5.97 Å². The van der Waals surface area contributed by atoms with Crippen molar-refractivity contribution in [2.45, 2.75) is 12.5 Å². The van der Waals surface area contributed by atoms with Crippen LogP contribution in [0.4, 0.5) is 4.39 Å². The number of fused-ring (bicyclic) bond motifs is 1. The predicted octanol–water partition coefficient (Wildman–Crippen LogP) is 2.21. The maximum absolute atomic E-state index is 13.6. The van der Waals surface area contributed by atoms with Gasteiger partial charge in [-0.05, 0) is 29.8 Å². The quantitative estimate of drug-likeness (QED) is 0.606. The first-order chi connectivity index (χ1) is 12.5. The van der Waals surface area contributed by atoms with E-state index in [9.17, 15) is 18.8 Å². The average molecular weight is 357 g/mol. The fourth-order valence-electron chi connectivity index (χ4n) is 2.96. The van der Waals surface area contributed by atoms with Crippen LogP contribution in [0, 0.1) is 5.82 Å². The summed E-state index contributed by atoms with van der Waals surface area (Å²) in [7, 11) is 2.50. The molecule has 1 aliphatic rings. The minimum absolute atomic E-state index is 0.00785. The normalized spacial score (nSPS) is 14.2. The molecule has 2 aromatic carbocycles. The lowest BCUT2D eigenvalue weighted by atomic mass is 10.0. The van der Waals surface area contributed by atoms with Crippen LogP contribution in [-0.2, 0) is 16.0 Å².